The molecule has 6 nitrogen and oxygen atoms in total. The molecule has 30 heavy (non-hydrogen) atoms. The van der Waals surface area contributed by atoms with E-state index in [1.165, 1.54) is 12.1 Å². The van der Waals surface area contributed by atoms with Gasteiger partial charge in [-0.3, -0.25) is 4.79 Å². The van der Waals surface area contributed by atoms with Crippen molar-refractivity contribution in [1.29, 1.82) is 0 Å². The summed E-state index contributed by atoms with van der Waals surface area (Å²) in [5.41, 5.74) is 3.44. The molecule has 0 unspecified atom stereocenters. The first kappa shape index (κ1) is 21.8. The molecule has 3 aromatic rings. The highest BCUT2D eigenvalue weighted by Gasteiger charge is 2.13. The zero-order chi connectivity index (χ0) is 21.7. The number of aryl methyl sites for hydroxylation is 2. The van der Waals surface area contributed by atoms with Crippen LogP contribution in [-0.2, 0) is 11.4 Å². The number of rotatable bonds is 8. The molecule has 1 heterocycles. The van der Waals surface area contributed by atoms with Crippen molar-refractivity contribution in [2.75, 3.05) is 11.1 Å². The monoisotopic (exact) mass is 429 g/mol. The van der Waals surface area contributed by atoms with E-state index in [9.17, 15) is 9.18 Å². The summed E-state index contributed by atoms with van der Waals surface area (Å²) in [5, 5.41) is 10.9. The Labute approximate surface area is 179 Å². The summed E-state index contributed by atoms with van der Waals surface area (Å²) in [6.45, 7) is 8.16. The van der Waals surface area contributed by atoms with Gasteiger partial charge in [-0.05, 0) is 54.7 Å². The first-order chi connectivity index (χ1) is 14.3. The number of ether oxygens (including phenoxy) is 1. The Morgan fingerprint density at radius 3 is 2.77 bits per heavy atom. The van der Waals surface area contributed by atoms with Gasteiger partial charge in [-0.1, -0.05) is 43.8 Å². The third-order valence-corrected chi connectivity index (χ3v) is 5.21. The second kappa shape index (κ2) is 9.75. The van der Waals surface area contributed by atoms with E-state index >= 15 is 0 Å². The van der Waals surface area contributed by atoms with E-state index in [-0.39, 0.29) is 23.5 Å². The zero-order valence-electron chi connectivity index (χ0n) is 17.4. The smallest absolute Gasteiger partial charge is 0.277 e. The van der Waals surface area contributed by atoms with E-state index in [0.717, 1.165) is 34.2 Å². The Morgan fingerprint density at radius 1 is 1.20 bits per heavy atom. The maximum atomic E-state index is 13.3. The molecular formula is C22H24FN3O3S. The fraction of sp³-hybridized carbons (Fsp3) is 0.318. The van der Waals surface area contributed by atoms with Crippen LogP contribution in [0.25, 0.3) is 0 Å². The van der Waals surface area contributed by atoms with Crippen molar-refractivity contribution in [3.8, 4) is 5.75 Å². The number of thioether (sulfide) groups is 1. The van der Waals surface area contributed by atoms with Gasteiger partial charge in [-0.15, -0.1) is 10.2 Å². The summed E-state index contributed by atoms with van der Waals surface area (Å²) in [6, 6.07) is 10.4. The van der Waals surface area contributed by atoms with Crippen molar-refractivity contribution in [2.24, 2.45) is 0 Å². The molecule has 2 aromatic carbocycles. The van der Waals surface area contributed by atoms with E-state index in [1.54, 1.807) is 13.0 Å². The maximum Gasteiger partial charge on any atom is 0.277 e. The van der Waals surface area contributed by atoms with Crippen LogP contribution in [0, 0.1) is 19.7 Å². The van der Waals surface area contributed by atoms with Crippen LogP contribution in [-0.4, -0.2) is 21.9 Å². The molecule has 1 aromatic heterocycles. The second-order valence-electron chi connectivity index (χ2n) is 7.24. The normalized spacial score (nSPS) is 11.0. The van der Waals surface area contributed by atoms with Gasteiger partial charge in [0.2, 0.25) is 5.91 Å². The van der Waals surface area contributed by atoms with Gasteiger partial charge in [0.25, 0.3) is 11.1 Å². The van der Waals surface area contributed by atoms with Crippen LogP contribution in [0.3, 0.4) is 0 Å². The number of amides is 1. The molecule has 0 fully saturated rings. The molecule has 0 aliphatic rings. The predicted molar refractivity (Wildman–Crippen MR) is 114 cm³/mol. The third-order valence-electron chi connectivity index (χ3n) is 4.39. The molecule has 0 saturated carbocycles. The fourth-order valence-corrected chi connectivity index (χ4v) is 3.36. The molecule has 0 atom stereocenters. The van der Waals surface area contributed by atoms with Crippen molar-refractivity contribution in [3.63, 3.8) is 0 Å². The van der Waals surface area contributed by atoms with Crippen LogP contribution in [0.1, 0.15) is 42.3 Å². The summed E-state index contributed by atoms with van der Waals surface area (Å²) < 4.78 is 24.8. The SMILES string of the molecule is Cc1ccc(C(C)C)c(OCc2nnc(SCC(=O)Nc3cc(F)ccc3C)o2)c1. The number of hydrogen-bond donors (Lipinski definition) is 1. The number of halogens is 1. The summed E-state index contributed by atoms with van der Waals surface area (Å²) in [4.78, 5) is 12.1. The van der Waals surface area contributed by atoms with Gasteiger partial charge in [-0.2, -0.15) is 0 Å². The second-order valence-corrected chi connectivity index (χ2v) is 8.17. The minimum atomic E-state index is -0.403. The lowest BCUT2D eigenvalue weighted by Gasteiger charge is -2.13. The van der Waals surface area contributed by atoms with E-state index in [2.05, 4.69) is 41.5 Å². The third kappa shape index (κ3) is 5.82. The van der Waals surface area contributed by atoms with Gasteiger partial charge in [0, 0.05) is 5.69 Å². The topological polar surface area (TPSA) is 77.2 Å². The quantitative estimate of drug-likeness (QED) is 0.492. The molecule has 0 bridgehead atoms. The average molecular weight is 430 g/mol. The summed E-state index contributed by atoms with van der Waals surface area (Å²) in [6.07, 6.45) is 0. The summed E-state index contributed by atoms with van der Waals surface area (Å²) in [5.74, 6) is 0.825. The molecule has 1 amide bonds. The van der Waals surface area contributed by atoms with Crippen molar-refractivity contribution in [1.82, 2.24) is 10.2 Å². The van der Waals surface area contributed by atoms with E-state index < -0.39 is 5.82 Å². The van der Waals surface area contributed by atoms with Crippen LogP contribution < -0.4 is 10.1 Å². The maximum absolute atomic E-state index is 13.3. The van der Waals surface area contributed by atoms with E-state index in [0.29, 0.717) is 17.5 Å². The minimum Gasteiger partial charge on any atom is -0.484 e. The van der Waals surface area contributed by atoms with E-state index in [4.69, 9.17) is 9.15 Å². The Kier molecular flexibility index (Phi) is 7.10. The van der Waals surface area contributed by atoms with Crippen molar-refractivity contribution in [3.05, 3.63) is 64.8 Å². The molecule has 1 N–H and O–H groups in total. The standard InChI is InChI=1S/C22H24FN3O3S/c1-13(2)17-8-5-14(3)9-19(17)28-11-21-25-26-22(29-21)30-12-20(27)24-18-10-16(23)7-6-15(18)4/h5-10,13H,11-12H2,1-4H3,(H,24,27). The lowest BCUT2D eigenvalue weighted by atomic mass is 10.0. The van der Waals surface area contributed by atoms with Gasteiger partial charge in [-0.25, -0.2) is 4.39 Å². The molecule has 0 aliphatic heterocycles. The molecule has 0 saturated heterocycles. The van der Waals surface area contributed by atoms with Gasteiger partial charge >= 0.3 is 0 Å². The highest BCUT2D eigenvalue weighted by molar-refractivity contribution is 7.99. The Hall–Kier alpha value is -2.87. The van der Waals surface area contributed by atoms with Crippen molar-refractivity contribution in [2.45, 2.75) is 45.4 Å². The summed E-state index contributed by atoms with van der Waals surface area (Å²) >= 11 is 1.11. The largest absolute Gasteiger partial charge is 0.484 e. The number of nitrogens with one attached hydrogen (secondary N) is 1. The lowest BCUT2D eigenvalue weighted by Crippen LogP contribution is -2.15. The Bertz CT molecular complexity index is 1040. The van der Waals surface area contributed by atoms with Crippen molar-refractivity contribution >= 4 is 23.4 Å². The molecule has 158 valence electrons. The molecule has 0 spiro atoms. The van der Waals surface area contributed by atoms with Crippen LogP contribution in [0.5, 0.6) is 5.75 Å². The zero-order valence-corrected chi connectivity index (χ0v) is 18.2. The number of aromatic nitrogens is 2. The molecule has 3 rings (SSSR count). The minimum absolute atomic E-state index is 0.0633. The number of anilines is 1. The number of carbonyl (C=O) groups excluding carboxylic acids is 1. The first-order valence-corrected chi connectivity index (χ1v) is 10.5. The average Bonchev–Trinajstić information content (AvgIpc) is 3.15. The highest BCUT2D eigenvalue weighted by Crippen LogP contribution is 2.28. The Morgan fingerprint density at radius 2 is 2.00 bits per heavy atom. The fourth-order valence-electron chi connectivity index (χ4n) is 2.78. The van der Waals surface area contributed by atoms with Crippen LogP contribution >= 0.6 is 11.8 Å². The number of carbonyl (C=O) groups is 1. The van der Waals surface area contributed by atoms with Gasteiger partial charge in [0.05, 0.1) is 5.75 Å². The van der Waals surface area contributed by atoms with Crippen LogP contribution in [0.15, 0.2) is 46.0 Å². The van der Waals surface area contributed by atoms with Crippen molar-refractivity contribution < 1.29 is 18.3 Å². The Balaban J connectivity index is 1.54. The molecular weight excluding hydrogens is 405 g/mol. The number of nitrogens with zero attached hydrogens (tertiary/aromatic N) is 2. The van der Waals surface area contributed by atoms with Crippen LogP contribution in [0.4, 0.5) is 10.1 Å². The first-order valence-electron chi connectivity index (χ1n) is 9.56. The molecule has 0 aliphatic carbocycles. The van der Waals surface area contributed by atoms with Gasteiger partial charge in [0.15, 0.2) is 6.61 Å². The number of benzene rings is 2. The molecule has 8 heteroatoms. The number of hydrogen-bond acceptors (Lipinski definition) is 6. The van der Waals surface area contributed by atoms with Gasteiger partial charge in [0.1, 0.15) is 11.6 Å². The lowest BCUT2D eigenvalue weighted by molar-refractivity contribution is -0.113. The van der Waals surface area contributed by atoms with Crippen LogP contribution in [0.2, 0.25) is 0 Å². The van der Waals surface area contributed by atoms with Gasteiger partial charge < -0.3 is 14.5 Å². The summed E-state index contributed by atoms with van der Waals surface area (Å²) in [7, 11) is 0. The van der Waals surface area contributed by atoms with E-state index in [1.807, 2.05) is 13.0 Å². The highest BCUT2D eigenvalue weighted by atomic mass is 32.2. The molecule has 0 radical (unpaired) electrons. The predicted octanol–water partition coefficient (Wildman–Crippen LogP) is 5.26.